The minimum atomic E-state index is -0.199. The molecule has 4 rings (SSSR count). The van der Waals surface area contributed by atoms with Crippen molar-refractivity contribution in [3.05, 3.63) is 46.9 Å². The highest BCUT2D eigenvalue weighted by atomic mass is 35.5. The second-order valence-electron chi connectivity index (χ2n) is 5.75. The molecule has 0 bridgehead atoms. The molecule has 1 fully saturated rings. The number of morpholine rings is 1. The first-order valence-corrected chi connectivity index (χ1v) is 8.03. The predicted octanol–water partition coefficient (Wildman–Crippen LogP) is 2.16. The molecule has 7 nitrogen and oxygen atoms in total. The molecule has 1 aliphatic heterocycles. The van der Waals surface area contributed by atoms with Gasteiger partial charge in [0.25, 0.3) is 5.91 Å². The van der Waals surface area contributed by atoms with Crippen LogP contribution in [0.5, 0.6) is 0 Å². The van der Waals surface area contributed by atoms with Crippen molar-refractivity contribution in [2.45, 2.75) is 6.10 Å². The van der Waals surface area contributed by atoms with Crippen molar-refractivity contribution < 1.29 is 9.53 Å². The Labute approximate surface area is 143 Å². The molecule has 24 heavy (non-hydrogen) atoms. The summed E-state index contributed by atoms with van der Waals surface area (Å²) in [5, 5.41) is 12.3. The highest BCUT2D eigenvalue weighted by molar-refractivity contribution is 6.35. The number of ether oxygens (including phenoxy) is 1. The van der Waals surface area contributed by atoms with Crippen LogP contribution in [-0.4, -0.2) is 50.5 Å². The minimum absolute atomic E-state index is 0.120. The van der Waals surface area contributed by atoms with Crippen LogP contribution in [0.25, 0.3) is 10.9 Å². The van der Waals surface area contributed by atoms with Crippen LogP contribution < -0.4 is 0 Å². The highest BCUT2D eigenvalue weighted by Crippen LogP contribution is 2.28. The highest BCUT2D eigenvalue weighted by Gasteiger charge is 2.29. The summed E-state index contributed by atoms with van der Waals surface area (Å²) in [5.74, 6) is -0.120. The fourth-order valence-electron chi connectivity index (χ4n) is 3.07. The molecule has 8 heteroatoms. The number of nitrogens with one attached hydrogen (secondary N) is 1. The molecule has 0 aliphatic carbocycles. The fraction of sp³-hybridized carbons (Fsp3) is 0.312. The van der Waals surface area contributed by atoms with Gasteiger partial charge in [-0.05, 0) is 18.2 Å². The molecule has 1 unspecified atom stereocenters. The first-order valence-electron chi connectivity index (χ1n) is 7.65. The van der Waals surface area contributed by atoms with Gasteiger partial charge in [0.15, 0.2) is 0 Å². The van der Waals surface area contributed by atoms with Gasteiger partial charge in [0.1, 0.15) is 6.10 Å². The van der Waals surface area contributed by atoms with E-state index in [0.717, 1.165) is 11.1 Å². The molecular weight excluding hydrogens is 330 g/mol. The number of halogens is 1. The summed E-state index contributed by atoms with van der Waals surface area (Å²) in [6, 6.07) is 5.47. The lowest BCUT2D eigenvalue weighted by molar-refractivity contribution is -0.0262. The monoisotopic (exact) mass is 345 g/mol. The van der Waals surface area contributed by atoms with E-state index in [1.165, 1.54) is 0 Å². The van der Waals surface area contributed by atoms with Gasteiger partial charge >= 0.3 is 0 Å². The Morgan fingerprint density at radius 2 is 2.29 bits per heavy atom. The molecule has 124 valence electrons. The lowest BCUT2D eigenvalue weighted by Crippen LogP contribution is -2.42. The Kier molecular flexibility index (Phi) is 3.74. The van der Waals surface area contributed by atoms with Crippen LogP contribution in [0.3, 0.4) is 0 Å². The van der Waals surface area contributed by atoms with E-state index in [-0.39, 0.29) is 12.0 Å². The zero-order valence-electron chi connectivity index (χ0n) is 13.1. The quantitative estimate of drug-likeness (QED) is 0.772. The second kappa shape index (κ2) is 5.92. The number of rotatable bonds is 2. The van der Waals surface area contributed by atoms with Gasteiger partial charge in [0.2, 0.25) is 0 Å². The van der Waals surface area contributed by atoms with Crippen molar-refractivity contribution in [2.24, 2.45) is 7.05 Å². The third-order valence-electron chi connectivity index (χ3n) is 4.32. The van der Waals surface area contributed by atoms with Crippen molar-refractivity contribution in [2.75, 3.05) is 19.7 Å². The topological polar surface area (TPSA) is 76.0 Å². The molecule has 3 aromatic rings. The average Bonchev–Trinajstić information content (AvgIpc) is 3.23. The summed E-state index contributed by atoms with van der Waals surface area (Å²) in [6.07, 6.45) is 3.21. The molecule has 1 amide bonds. The van der Waals surface area contributed by atoms with Crippen molar-refractivity contribution in [1.82, 2.24) is 24.9 Å². The van der Waals surface area contributed by atoms with Crippen LogP contribution in [0.2, 0.25) is 5.02 Å². The van der Waals surface area contributed by atoms with Crippen molar-refractivity contribution in [3.63, 3.8) is 0 Å². The number of aryl methyl sites for hydroxylation is 1. The summed E-state index contributed by atoms with van der Waals surface area (Å²) in [4.78, 5) is 14.8. The van der Waals surface area contributed by atoms with E-state index in [4.69, 9.17) is 16.3 Å². The van der Waals surface area contributed by atoms with Crippen molar-refractivity contribution in [3.8, 4) is 0 Å². The number of amides is 1. The molecule has 1 atom stereocenters. The smallest absolute Gasteiger partial charge is 0.257 e. The van der Waals surface area contributed by atoms with Crippen LogP contribution >= 0.6 is 11.6 Å². The molecule has 1 N–H and O–H groups in total. The maximum atomic E-state index is 13.0. The van der Waals surface area contributed by atoms with Crippen LogP contribution in [0.15, 0.2) is 30.6 Å². The molecule has 1 aromatic carbocycles. The summed E-state index contributed by atoms with van der Waals surface area (Å²) in [5.41, 5.74) is 2.06. The Balaban J connectivity index is 1.65. The maximum Gasteiger partial charge on any atom is 0.257 e. The average molecular weight is 346 g/mol. The lowest BCUT2D eigenvalue weighted by atomic mass is 10.1. The first kappa shape index (κ1) is 15.2. The zero-order valence-corrected chi connectivity index (χ0v) is 13.8. The number of benzene rings is 1. The summed E-state index contributed by atoms with van der Waals surface area (Å²) in [7, 11) is 1.86. The zero-order chi connectivity index (χ0) is 16.7. The Morgan fingerprint density at radius 3 is 3.08 bits per heavy atom. The van der Waals surface area contributed by atoms with Gasteiger partial charge in [-0.3, -0.25) is 14.6 Å². The third kappa shape index (κ3) is 2.46. The number of H-pyrrole nitrogens is 1. The number of hydrogen-bond donors (Lipinski definition) is 1. The summed E-state index contributed by atoms with van der Waals surface area (Å²) in [6.45, 7) is 1.45. The third-order valence-corrected chi connectivity index (χ3v) is 4.64. The van der Waals surface area contributed by atoms with E-state index in [0.29, 0.717) is 35.8 Å². The SMILES string of the molecule is Cn1nccc1C1CN(C(=O)c2c(Cl)ccc3cn[nH]c23)CCO1. The molecule has 0 radical (unpaired) electrons. The fourth-order valence-corrected chi connectivity index (χ4v) is 3.31. The standard InChI is InChI=1S/C16H16ClN5O2/c1-21-12(4-5-19-21)13-9-22(6-7-24-13)16(23)14-11(17)3-2-10-8-18-20-15(10)14/h2-5,8,13H,6-7,9H2,1H3,(H,18,20). The van der Waals surface area contributed by atoms with E-state index in [2.05, 4.69) is 15.3 Å². The van der Waals surface area contributed by atoms with E-state index in [1.54, 1.807) is 28.0 Å². The molecule has 2 aromatic heterocycles. The van der Waals surface area contributed by atoms with Crippen LogP contribution in [0.1, 0.15) is 22.2 Å². The van der Waals surface area contributed by atoms with E-state index in [1.807, 2.05) is 19.2 Å². The number of carbonyl (C=O) groups excluding carboxylic acids is 1. The summed E-state index contributed by atoms with van der Waals surface area (Å²) >= 11 is 6.29. The van der Waals surface area contributed by atoms with Gasteiger partial charge < -0.3 is 9.64 Å². The Hall–Kier alpha value is -2.38. The largest absolute Gasteiger partial charge is 0.368 e. The molecule has 0 saturated carbocycles. The Morgan fingerprint density at radius 1 is 1.42 bits per heavy atom. The Bertz CT molecular complexity index is 903. The van der Waals surface area contributed by atoms with Crippen LogP contribution in [0, 0.1) is 0 Å². The van der Waals surface area contributed by atoms with E-state index in [9.17, 15) is 4.79 Å². The predicted molar refractivity (Wildman–Crippen MR) is 88.9 cm³/mol. The molecule has 3 heterocycles. The van der Waals surface area contributed by atoms with Crippen molar-refractivity contribution in [1.29, 1.82) is 0 Å². The van der Waals surface area contributed by atoms with Gasteiger partial charge in [-0.2, -0.15) is 10.2 Å². The number of nitrogens with zero attached hydrogens (tertiary/aromatic N) is 4. The molecule has 1 saturated heterocycles. The number of aromatic amines is 1. The van der Waals surface area contributed by atoms with Crippen molar-refractivity contribution >= 4 is 28.4 Å². The number of fused-ring (bicyclic) bond motifs is 1. The van der Waals surface area contributed by atoms with Crippen LogP contribution in [-0.2, 0) is 11.8 Å². The number of aromatic nitrogens is 4. The molecule has 0 spiro atoms. The lowest BCUT2D eigenvalue weighted by Gasteiger charge is -2.33. The molecular formula is C16H16ClN5O2. The van der Waals surface area contributed by atoms with Gasteiger partial charge in [-0.15, -0.1) is 0 Å². The van der Waals surface area contributed by atoms with Gasteiger partial charge in [0, 0.05) is 25.2 Å². The van der Waals surface area contributed by atoms with Crippen LogP contribution in [0.4, 0.5) is 0 Å². The normalized spacial score (nSPS) is 18.2. The second-order valence-corrected chi connectivity index (χ2v) is 6.15. The molecule has 1 aliphatic rings. The van der Waals surface area contributed by atoms with E-state index < -0.39 is 0 Å². The van der Waals surface area contributed by atoms with Gasteiger partial charge in [-0.1, -0.05) is 11.6 Å². The number of carbonyl (C=O) groups is 1. The minimum Gasteiger partial charge on any atom is -0.368 e. The maximum absolute atomic E-state index is 13.0. The van der Waals surface area contributed by atoms with Gasteiger partial charge in [-0.25, -0.2) is 0 Å². The summed E-state index contributed by atoms with van der Waals surface area (Å²) < 4.78 is 7.58. The number of hydrogen-bond acceptors (Lipinski definition) is 4. The first-order chi connectivity index (χ1) is 11.6. The van der Waals surface area contributed by atoms with E-state index >= 15 is 0 Å². The van der Waals surface area contributed by atoms with Gasteiger partial charge in [0.05, 0.1) is 41.1 Å².